The number of rotatable bonds is 0. The lowest BCUT2D eigenvalue weighted by atomic mass is 10.5. The summed E-state index contributed by atoms with van der Waals surface area (Å²) in [5, 5.41) is 0.269. The summed E-state index contributed by atoms with van der Waals surface area (Å²) in [6.07, 6.45) is 1.48. The number of fused-ring (bicyclic) bond motifs is 1. The quantitative estimate of drug-likeness (QED) is 0.648. The molecule has 0 spiro atoms. The molecule has 0 fully saturated rings. The van der Waals surface area contributed by atoms with E-state index in [-0.39, 0.29) is 10.7 Å². The zero-order chi connectivity index (χ0) is 9.42. The summed E-state index contributed by atoms with van der Waals surface area (Å²) in [6.45, 7) is 0. The van der Waals surface area contributed by atoms with Gasteiger partial charge in [0.05, 0.1) is 5.02 Å². The van der Waals surface area contributed by atoms with Crippen molar-refractivity contribution in [1.82, 2.24) is 14.4 Å². The zero-order valence-electron chi connectivity index (χ0n) is 6.32. The molecule has 2 aromatic heterocycles. The van der Waals surface area contributed by atoms with Crippen LogP contribution in [0.25, 0.3) is 5.65 Å². The molecule has 2 aromatic rings. The van der Waals surface area contributed by atoms with E-state index in [1.54, 1.807) is 12.1 Å². The van der Waals surface area contributed by atoms with Gasteiger partial charge in [0, 0.05) is 6.20 Å². The summed E-state index contributed by atoms with van der Waals surface area (Å²) in [4.78, 5) is 27.6. The molecule has 0 radical (unpaired) electrons. The van der Waals surface area contributed by atoms with E-state index >= 15 is 0 Å². The largest absolute Gasteiger partial charge is 0.351 e. The van der Waals surface area contributed by atoms with Crippen molar-refractivity contribution in [3.8, 4) is 0 Å². The molecule has 0 aliphatic carbocycles. The van der Waals surface area contributed by atoms with Crippen molar-refractivity contribution in [2.75, 3.05) is 0 Å². The Morgan fingerprint density at radius 1 is 1.46 bits per heavy atom. The van der Waals surface area contributed by atoms with Gasteiger partial charge in [-0.2, -0.15) is 4.98 Å². The second-order valence-electron chi connectivity index (χ2n) is 2.40. The van der Waals surface area contributed by atoms with Crippen LogP contribution in [-0.4, -0.2) is 14.4 Å². The van der Waals surface area contributed by atoms with Gasteiger partial charge in [-0.1, -0.05) is 11.6 Å². The molecule has 0 aliphatic rings. The maximum absolute atomic E-state index is 11.2. The van der Waals surface area contributed by atoms with Crippen molar-refractivity contribution in [3.63, 3.8) is 0 Å². The molecule has 0 unspecified atom stereocenters. The average Bonchev–Trinajstić information content (AvgIpc) is 2.07. The van der Waals surface area contributed by atoms with Gasteiger partial charge in [0.2, 0.25) is 0 Å². The minimum absolute atomic E-state index is 0.165. The van der Waals surface area contributed by atoms with Crippen LogP contribution in [0.1, 0.15) is 0 Å². The summed E-state index contributed by atoms with van der Waals surface area (Å²) < 4.78 is 1.17. The normalized spacial score (nSPS) is 10.5. The van der Waals surface area contributed by atoms with Gasteiger partial charge in [0.1, 0.15) is 0 Å². The Morgan fingerprint density at radius 3 is 3.00 bits per heavy atom. The minimum Gasteiger partial charge on any atom is -0.257 e. The van der Waals surface area contributed by atoms with Gasteiger partial charge < -0.3 is 0 Å². The fraction of sp³-hybridized carbons (Fsp3) is 0. The molecule has 0 saturated heterocycles. The zero-order valence-corrected chi connectivity index (χ0v) is 7.08. The molecule has 0 aromatic carbocycles. The van der Waals surface area contributed by atoms with Crippen LogP contribution in [0.3, 0.4) is 0 Å². The average molecular weight is 198 g/mol. The highest BCUT2D eigenvalue weighted by atomic mass is 35.5. The third-order valence-corrected chi connectivity index (χ3v) is 1.85. The third kappa shape index (κ3) is 1.23. The van der Waals surface area contributed by atoms with Crippen LogP contribution in [0.5, 0.6) is 0 Å². The van der Waals surface area contributed by atoms with Crippen LogP contribution in [0.4, 0.5) is 0 Å². The van der Waals surface area contributed by atoms with Crippen LogP contribution in [-0.2, 0) is 0 Å². The molecule has 2 heterocycles. The predicted molar refractivity (Wildman–Crippen MR) is 47.1 cm³/mol. The number of halogens is 1. The molecule has 2 rings (SSSR count). The fourth-order valence-corrected chi connectivity index (χ4v) is 1.23. The van der Waals surface area contributed by atoms with E-state index in [0.717, 1.165) is 0 Å². The molecule has 0 amide bonds. The highest BCUT2D eigenvalue weighted by Gasteiger charge is 2.01. The lowest BCUT2D eigenvalue weighted by molar-refractivity contribution is 0.904. The summed E-state index contributed by atoms with van der Waals surface area (Å²) in [6, 6.07) is 3.15. The molecule has 0 saturated carbocycles. The van der Waals surface area contributed by atoms with E-state index in [1.165, 1.54) is 10.6 Å². The van der Waals surface area contributed by atoms with E-state index < -0.39 is 11.4 Å². The first-order chi connectivity index (χ1) is 6.18. The Balaban J connectivity index is 3.12. The SMILES string of the molecule is O=c1nc2c(Cl)cccn2c(=O)[nH]1. The molecule has 5 nitrogen and oxygen atoms in total. The molecule has 13 heavy (non-hydrogen) atoms. The van der Waals surface area contributed by atoms with Gasteiger partial charge in [0.15, 0.2) is 5.65 Å². The van der Waals surface area contributed by atoms with Crippen LogP contribution in [0.15, 0.2) is 27.9 Å². The number of hydrogen-bond donors (Lipinski definition) is 1. The molecule has 0 atom stereocenters. The number of nitrogens with zero attached hydrogens (tertiary/aromatic N) is 2. The second kappa shape index (κ2) is 2.70. The Labute approximate surface area is 76.6 Å². The highest BCUT2D eigenvalue weighted by molar-refractivity contribution is 6.33. The summed E-state index contributed by atoms with van der Waals surface area (Å²) >= 11 is 5.73. The maximum Gasteiger partial charge on any atom is 0.351 e. The van der Waals surface area contributed by atoms with Crippen molar-refractivity contribution in [2.45, 2.75) is 0 Å². The van der Waals surface area contributed by atoms with Crippen molar-refractivity contribution >= 4 is 17.2 Å². The van der Waals surface area contributed by atoms with Crippen molar-refractivity contribution in [2.24, 2.45) is 0 Å². The van der Waals surface area contributed by atoms with Crippen LogP contribution in [0.2, 0.25) is 5.02 Å². The van der Waals surface area contributed by atoms with Gasteiger partial charge in [-0.3, -0.25) is 9.38 Å². The standard InChI is InChI=1S/C7H4ClN3O2/c8-4-2-1-3-11-5(4)9-6(12)10-7(11)13/h1-3H,(H,10,12,13). The van der Waals surface area contributed by atoms with Gasteiger partial charge in [0.25, 0.3) is 0 Å². The van der Waals surface area contributed by atoms with Crippen LogP contribution < -0.4 is 11.4 Å². The molecule has 66 valence electrons. The van der Waals surface area contributed by atoms with Gasteiger partial charge in [-0.05, 0) is 12.1 Å². The van der Waals surface area contributed by atoms with Crippen LogP contribution >= 0.6 is 11.6 Å². The fourth-order valence-electron chi connectivity index (χ4n) is 1.02. The number of H-pyrrole nitrogens is 1. The number of hydrogen-bond acceptors (Lipinski definition) is 3. The lowest BCUT2D eigenvalue weighted by Gasteiger charge is -1.97. The molecular formula is C7H4ClN3O2. The Bertz CT molecular complexity index is 572. The third-order valence-electron chi connectivity index (χ3n) is 1.56. The van der Waals surface area contributed by atoms with E-state index in [2.05, 4.69) is 4.98 Å². The highest BCUT2D eigenvalue weighted by Crippen LogP contribution is 2.10. The summed E-state index contributed by atoms with van der Waals surface area (Å²) in [5.74, 6) is 0. The van der Waals surface area contributed by atoms with E-state index in [1.807, 2.05) is 4.98 Å². The second-order valence-corrected chi connectivity index (χ2v) is 2.80. The monoisotopic (exact) mass is 197 g/mol. The first-order valence-electron chi connectivity index (χ1n) is 3.46. The number of pyridine rings is 1. The first kappa shape index (κ1) is 8.00. The van der Waals surface area contributed by atoms with Crippen molar-refractivity contribution < 1.29 is 0 Å². The number of nitrogens with one attached hydrogen (secondary N) is 1. The van der Waals surface area contributed by atoms with E-state index in [9.17, 15) is 9.59 Å². The smallest absolute Gasteiger partial charge is 0.257 e. The summed E-state index contributed by atoms with van der Waals surface area (Å²) in [5.41, 5.74) is -1.08. The number of aromatic nitrogens is 3. The molecule has 0 aliphatic heterocycles. The summed E-state index contributed by atoms with van der Waals surface area (Å²) in [7, 11) is 0. The Kier molecular flexibility index (Phi) is 1.66. The molecule has 0 bridgehead atoms. The topological polar surface area (TPSA) is 67.2 Å². The lowest BCUT2D eigenvalue weighted by Crippen LogP contribution is -2.28. The van der Waals surface area contributed by atoms with Gasteiger partial charge >= 0.3 is 11.4 Å². The first-order valence-corrected chi connectivity index (χ1v) is 3.83. The Hall–Kier alpha value is -1.62. The minimum atomic E-state index is -0.696. The van der Waals surface area contributed by atoms with Crippen molar-refractivity contribution in [3.05, 3.63) is 44.3 Å². The van der Waals surface area contributed by atoms with E-state index in [0.29, 0.717) is 0 Å². The van der Waals surface area contributed by atoms with E-state index in [4.69, 9.17) is 11.6 Å². The maximum atomic E-state index is 11.2. The van der Waals surface area contributed by atoms with Gasteiger partial charge in [-0.25, -0.2) is 9.59 Å². The Morgan fingerprint density at radius 2 is 2.23 bits per heavy atom. The molecular weight excluding hydrogens is 194 g/mol. The van der Waals surface area contributed by atoms with Gasteiger partial charge in [-0.15, -0.1) is 0 Å². The molecule has 1 N–H and O–H groups in total. The van der Waals surface area contributed by atoms with Crippen molar-refractivity contribution in [1.29, 1.82) is 0 Å². The molecule has 6 heteroatoms. The predicted octanol–water partition coefficient (Wildman–Crippen LogP) is 0.0362. The number of aromatic amines is 1. The van der Waals surface area contributed by atoms with Crippen LogP contribution in [0, 0.1) is 0 Å².